The van der Waals surface area contributed by atoms with Gasteiger partial charge >= 0.3 is 0 Å². The van der Waals surface area contributed by atoms with Crippen molar-refractivity contribution in [2.45, 2.75) is 66.0 Å². The van der Waals surface area contributed by atoms with E-state index >= 15 is 0 Å². The van der Waals surface area contributed by atoms with Crippen molar-refractivity contribution in [2.24, 2.45) is 11.3 Å². The molecule has 1 aliphatic heterocycles. The highest BCUT2D eigenvalue weighted by Crippen LogP contribution is 2.27. The van der Waals surface area contributed by atoms with Crippen LogP contribution in [0.2, 0.25) is 0 Å². The lowest BCUT2D eigenvalue weighted by atomic mass is 9.81. The minimum absolute atomic E-state index is 0.238. The van der Waals surface area contributed by atoms with Crippen LogP contribution in [0.1, 0.15) is 54.4 Å². The van der Waals surface area contributed by atoms with Crippen molar-refractivity contribution in [3.63, 3.8) is 0 Å². The van der Waals surface area contributed by atoms with Crippen LogP contribution < -0.4 is 10.6 Å². The second-order valence-corrected chi connectivity index (χ2v) is 7.33. The third-order valence-corrected chi connectivity index (χ3v) is 3.47. The van der Waals surface area contributed by atoms with Crippen molar-refractivity contribution >= 4 is 0 Å². The van der Waals surface area contributed by atoms with Crippen LogP contribution in [0.25, 0.3) is 0 Å². The summed E-state index contributed by atoms with van der Waals surface area (Å²) in [5.41, 5.74) is 0.632. The third-order valence-electron chi connectivity index (χ3n) is 3.47. The standard InChI is InChI=1S/C14H30N2/c1-11-7-8-15-12(11)9-16-14(5,6)10-13(2,3)4/h11-12,15-16H,7-10H2,1-6H3. The maximum atomic E-state index is 3.73. The summed E-state index contributed by atoms with van der Waals surface area (Å²) in [6, 6.07) is 0.666. The van der Waals surface area contributed by atoms with Gasteiger partial charge in [0.25, 0.3) is 0 Å². The van der Waals surface area contributed by atoms with Gasteiger partial charge in [-0.3, -0.25) is 0 Å². The monoisotopic (exact) mass is 226 g/mol. The normalized spacial score (nSPS) is 27.4. The van der Waals surface area contributed by atoms with Crippen LogP contribution in [-0.4, -0.2) is 24.7 Å². The van der Waals surface area contributed by atoms with Crippen molar-refractivity contribution in [3.05, 3.63) is 0 Å². The van der Waals surface area contributed by atoms with Gasteiger partial charge in [0, 0.05) is 18.1 Å². The Morgan fingerprint density at radius 2 is 1.81 bits per heavy atom. The summed E-state index contributed by atoms with van der Waals surface area (Å²) < 4.78 is 0. The molecule has 2 atom stereocenters. The molecule has 0 bridgehead atoms. The molecule has 0 aromatic rings. The first kappa shape index (κ1) is 14.0. The molecule has 2 nitrogen and oxygen atoms in total. The van der Waals surface area contributed by atoms with Crippen LogP contribution >= 0.6 is 0 Å². The largest absolute Gasteiger partial charge is 0.312 e. The quantitative estimate of drug-likeness (QED) is 0.770. The van der Waals surface area contributed by atoms with Gasteiger partial charge in [0.15, 0.2) is 0 Å². The van der Waals surface area contributed by atoms with E-state index in [4.69, 9.17) is 0 Å². The molecule has 2 unspecified atom stereocenters. The molecule has 0 aromatic heterocycles. The smallest absolute Gasteiger partial charge is 0.0218 e. The fraction of sp³-hybridized carbons (Fsp3) is 1.00. The Hall–Kier alpha value is -0.0800. The van der Waals surface area contributed by atoms with E-state index in [1.54, 1.807) is 0 Å². The Morgan fingerprint density at radius 1 is 1.19 bits per heavy atom. The lowest BCUT2D eigenvalue weighted by Gasteiger charge is -2.35. The van der Waals surface area contributed by atoms with Gasteiger partial charge in [0.05, 0.1) is 0 Å². The summed E-state index contributed by atoms with van der Waals surface area (Å²) in [7, 11) is 0. The first-order chi connectivity index (χ1) is 7.20. The number of nitrogens with one attached hydrogen (secondary N) is 2. The van der Waals surface area contributed by atoms with Crippen molar-refractivity contribution in [3.8, 4) is 0 Å². The van der Waals surface area contributed by atoms with E-state index in [0.29, 0.717) is 11.5 Å². The van der Waals surface area contributed by atoms with Crippen LogP contribution in [-0.2, 0) is 0 Å². The Balaban J connectivity index is 2.35. The number of hydrogen-bond donors (Lipinski definition) is 2. The molecule has 96 valence electrons. The topological polar surface area (TPSA) is 24.1 Å². The Bertz CT molecular complexity index is 215. The maximum absolute atomic E-state index is 3.73. The summed E-state index contributed by atoms with van der Waals surface area (Å²) in [5.74, 6) is 0.818. The molecule has 1 aliphatic rings. The molecule has 0 aromatic carbocycles. The minimum Gasteiger partial charge on any atom is -0.312 e. The van der Waals surface area contributed by atoms with Gasteiger partial charge in [0.2, 0.25) is 0 Å². The van der Waals surface area contributed by atoms with E-state index < -0.39 is 0 Å². The molecule has 0 radical (unpaired) electrons. The van der Waals surface area contributed by atoms with Crippen LogP contribution in [0.4, 0.5) is 0 Å². The van der Waals surface area contributed by atoms with Crippen molar-refractivity contribution in [2.75, 3.05) is 13.1 Å². The fourth-order valence-corrected chi connectivity index (χ4v) is 2.95. The van der Waals surface area contributed by atoms with Crippen molar-refractivity contribution in [1.29, 1.82) is 0 Å². The Labute approximate surface area is 102 Å². The molecule has 0 saturated carbocycles. The molecule has 2 heteroatoms. The Kier molecular flexibility index (Phi) is 4.42. The zero-order chi connectivity index (χ0) is 12.4. The molecule has 16 heavy (non-hydrogen) atoms. The van der Waals surface area contributed by atoms with E-state index in [1.165, 1.54) is 19.4 Å². The summed E-state index contributed by atoms with van der Waals surface area (Å²) >= 11 is 0. The van der Waals surface area contributed by atoms with E-state index in [-0.39, 0.29) is 5.54 Å². The molecular weight excluding hydrogens is 196 g/mol. The zero-order valence-corrected chi connectivity index (χ0v) is 12.0. The third kappa shape index (κ3) is 4.84. The SMILES string of the molecule is CC1CCNC1CNC(C)(C)CC(C)(C)C. The van der Waals surface area contributed by atoms with Gasteiger partial charge in [-0.25, -0.2) is 0 Å². The molecule has 0 amide bonds. The molecule has 0 spiro atoms. The molecule has 1 saturated heterocycles. The minimum atomic E-state index is 0.238. The Morgan fingerprint density at radius 3 is 2.25 bits per heavy atom. The highest BCUT2D eigenvalue weighted by molar-refractivity contribution is 4.88. The van der Waals surface area contributed by atoms with Gasteiger partial charge in [-0.15, -0.1) is 0 Å². The summed E-state index contributed by atoms with van der Waals surface area (Å²) in [6.07, 6.45) is 2.53. The zero-order valence-electron chi connectivity index (χ0n) is 12.0. The van der Waals surface area contributed by atoms with E-state index in [0.717, 1.165) is 12.5 Å². The van der Waals surface area contributed by atoms with Crippen molar-refractivity contribution < 1.29 is 0 Å². The maximum Gasteiger partial charge on any atom is 0.0218 e. The van der Waals surface area contributed by atoms with Gasteiger partial charge in [0.1, 0.15) is 0 Å². The van der Waals surface area contributed by atoms with Gasteiger partial charge in [-0.05, 0) is 44.6 Å². The predicted octanol–water partition coefficient (Wildman–Crippen LogP) is 2.79. The molecule has 1 rings (SSSR count). The predicted molar refractivity (Wildman–Crippen MR) is 71.7 cm³/mol. The second kappa shape index (κ2) is 5.05. The van der Waals surface area contributed by atoms with Gasteiger partial charge in [-0.1, -0.05) is 27.7 Å². The van der Waals surface area contributed by atoms with Crippen LogP contribution in [0.15, 0.2) is 0 Å². The molecule has 1 fully saturated rings. The summed E-state index contributed by atoms with van der Waals surface area (Å²) in [5, 5.41) is 7.30. The van der Waals surface area contributed by atoms with Crippen molar-refractivity contribution in [1.82, 2.24) is 10.6 Å². The van der Waals surface area contributed by atoms with Gasteiger partial charge < -0.3 is 10.6 Å². The average Bonchev–Trinajstić information content (AvgIpc) is 2.43. The highest BCUT2D eigenvalue weighted by Gasteiger charge is 2.28. The average molecular weight is 226 g/mol. The summed E-state index contributed by atoms with van der Waals surface area (Å²) in [6.45, 7) is 16.2. The first-order valence-corrected chi connectivity index (χ1v) is 6.68. The lowest BCUT2D eigenvalue weighted by molar-refractivity contribution is 0.233. The number of hydrogen-bond acceptors (Lipinski definition) is 2. The van der Waals surface area contributed by atoms with E-state index in [2.05, 4.69) is 52.2 Å². The van der Waals surface area contributed by atoms with E-state index in [1.807, 2.05) is 0 Å². The molecule has 0 aliphatic carbocycles. The van der Waals surface area contributed by atoms with E-state index in [9.17, 15) is 0 Å². The van der Waals surface area contributed by atoms with Crippen LogP contribution in [0, 0.1) is 11.3 Å². The first-order valence-electron chi connectivity index (χ1n) is 6.68. The number of rotatable bonds is 4. The molecule has 1 heterocycles. The fourth-order valence-electron chi connectivity index (χ4n) is 2.95. The molecule has 2 N–H and O–H groups in total. The highest BCUT2D eigenvalue weighted by atomic mass is 15.0. The second-order valence-electron chi connectivity index (χ2n) is 7.33. The van der Waals surface area contributed by atoms with Crippen LogP contribution in [0.5, 0.6) is 0 Å². The van der Waals surface area contributed by atoms with Crippen LogP contribution in [0.3, 0.4) is 0 Å². The lowest BCUT2D eigenvalue weighted by Crippen LogP contribution is -2.48. The summed E-state index contributed by atoms with van der Waals surface area (Å²) in [4.78, 5) is 0. The van der Waals surface area contributed by atoms with Gasteiger partial charge in [-0.2, -0.15) is 0 Å². The molecular formula is C14H30N2.